The molecule has 3 aliphatic rings. The van der Waals surface area contributed by atoms with Crippen LogP contribution in [0.5, 0.6) is 0 Å². The molecule has 3 fully saturated rings. The van der Waals surface area contributed by atoms with Gasteiger partial charge in [-0.15, -0.1) is 24.0 Å². The Morgan fingerprint density at radius 3 is 2.34 bits per heavy atom. The Bertz CT molecular complexity index is 501. The van der Waals surface area contributed by atoms with Crippen LogP contribution < -0.4 is 10.6 Å². The molecule has 2 heterocycles. The van der Waals surface area contributed by atoms with Crippen LogP contribution in [0.15, 0.2) is 4.99 Å². The number of ether oxygens (including phenoxy) is 1. The van der Waals surface area contributed by atoms with E-state index in [9.17, 15) is 0 Å². The molecule has 2 saturated heterocycles. The highest BCUT2D eigenvalue weighted by atomic mass is 127. The monoisotopic (exact) mass is 539 g/mol. The third-order valence-electron chi connectivity index (χ3n) is 6.64. The van der Waals surface area contributed by atoms with E-state index in [0.29, 0.717) is 5.54 Å². The van der Waals surface area contributed by atoms with E-state index in [-0.39, 0.29) is 29.5 Å². The van der Waals surface area contributed by atoms with E-state index in [1.165, 1.54) is 50.3 Å². The highest BCUT2D eigenvalue weighted by Gasteiger charge is 2.40. The zero-order chi connectivity index (χ0) is 19.9. The zero-order valence-electron chi connectivity index (χ0n) is 18.7. The molecule has 170 valence electrons. The van der Waals surface area contributed by atoms with E-state index in [1.54, 1.807) is 0 Å². The summed E-state index contributed by atoms with van der Waals surface area (Å²) >= 11 is 2.10. The quantitative estimate of drug-likeness (QED) is 0.295. The summed E-state index contributed by atoms with van der Waals surface area (Å²) in [4.78, 5) is 10.3. The molecular formula is C21H42IN5OS. The average Bonchev–Trinajstić information content (AvgIpc) is 3.22. The summed E-state index contributed by atoms with van der Waals surface area (Å²) in [7, 11) is 0. The number of aliphatic imine (C=N–C) groups is 1. The van der Waals surface area contributed by atoms with Crippen molar-refractivity contribution in [3.8, 4) is 0 Å². The molecule has 29 heavy (non-hydrogen) atoms. The average molecular weight is 540 g/mol. The van der Waals surface area contributed by atoms with Crippen LogP contribution in [-0.4, -0.2) is 97.4 Å². The van der Waals surface area contributed by atoms with Gasteiger partial charge in [-0.3, -0.25) is 14.8 Å². The summed E-state index contributed by atoms with van der Waals surface area (Å²) in [6.45, 7) is 15.6. The predicted octanol–water partition coefficient (Wildman–Crippen LogP) is 2.63. The lowest BCUT2D eigenvalue weighted by Gasteiger charge is -2.44. The Kier molecular flexibility index (Phi) is 10.8. The van der Waals surface area contributed by atoms with Crippen molar-refractivity contribution in [3.05, 3.63) is 0 Å². The molecule has 8 heteroatoms. The van der Waals surface area contributed by atoms with Crippen LogP contribution >= 0.6 is 35.7 Å². The first-order valence-corrected chi connectivity index (χ1v) is 12.4. The number of hydrogen-bond donors (Lipinski definition) is 2. The lowest BCUT2D eigenvalue weighted by atomic mass is 9.94. The van der Waals surface area contributed by atoms with Crippen LogP contribution in [-0.2, 0) is 4.74 Å². The van der Waals surface area contributed by atoms with Gasteiger partial charge in [-0.25, -0.2) is 0 Å². The van der Waals surface area contributed by atoms with Gasteiger partial charge in [0.15, 0.2) is 5.96 Å². The molecule has 0 radical (unpaired) electrons. The number of guanidine groups is 1. The first kappa shape index (κ1) is 25.5. The van der Waals surface area contributed by atoms with Crippen molar-refractivity contribution in [2.24, 2.45) is 4.99 Å². The third-order valence-corrected chi connectivity index (χ3v) is 7.58. The van der Waals surface area contributed by atoms with Gasteiger partial charge in [0.05, 0.1) is 19.8 Å². The Hall–Kier alpha value is 0.230. The molecular weight excluding hydrogens is 497 g/mol. The fourth-order valence-corrected chi connectivity index (χ4v) is 5.71. The number of rotatable bonds is 7. The van der Waals surface area contributed by atoms with Crippen LogP contribution in [0.2, 0.25) is 0 Å². The van der Waals surface area contributed by atoms with Gasteiger partial charge >= 0.3 is 0 Å². The molecule has 6 nitrogen and oxygen atoms in total. The van der Waals surface area contributed by atoms with Crippen LogP contribution in [0.3, 0.4) is 0 Å². The maximum absolute atomic E-state index is 5.51. The SMILES string of the molecule is CCNC(=NCC(C)(C)N1CCOCC1)NCC1(N2CCSCC2)CCCC1.I. The maximum Gasteiger partial charge on any atom is 0.191 e. The van der Waals surface area contributed by atoms with Gasteiger partial charge in [0.1, 0.15) is 0 Å². The second kappa shape index (κ2) is 12.3. The number of morpholine rings is 1. The number of nitrogens with one attached hydrogen (secondary N) is 2. The van der Waals surface area contributed by atoms with Gasteiger partial charge in [-0.05, 0) is 33.6 Å². The van der Waals surface area contributed by atoms with Crippen LogP contribution in [0, 0.1) is 0 Å². The molecule has 1 aliphatic carbocycles. The van der Waals surface area contributed by atoms with Gasteiger partial charge in [-0.2, -0.15) is 11.8 Å². The summed E-state index contributed by atoms with van der Waals surface area (Å²) in [5, 5.41) is 7.20. The van der Waals surface area contributed by atoms with Crippen LogP contribution in [0.4, 0.5) is 0 Å². The van der Waals surface area contributed by atoms with E-state index in [0.717, 1.165) is 51.9 Å². The zero-order valence-corrected chi connectivity index (χ0v) is 21.8. The Morgan fingerprint density at radius 1 is 1.07 bits per heavy atom. The van der Waals surface area contributed by atoms with Crippen molar-refractivity contribution in [3.63, 3.8) is 0 Å². The number of nitrogens with zero attached hydrogens (tertiary/aromatic N) is 3. The first-order valence-electron chi connectivity index (χ1n) is 11.2. The summed E-state index contributed by atoms with van der Waals surface area (Å²) in [6.07, 6.45) is 5.37. The fraction of sp³-hybridized carbons (Fsp3) is 0.952. The topological polar surface area (TPSA) is 52.1 Å². The van der Waals surface area contributed by atoms with Crippen molar-refractivity contribution in [1.82, 2.24) is 20.4 Å². The summed E-state index contributed by atoms with van der Waals surface area (Å²) < 4.78 is 5.51. The largest absolute Gasteiger partial charge is 0.379 e. The standard InChI is InChI=1S/C21H41N5OS.HI/c1-4-22-19(23-17-20(2,3)25-9-13-27-14-10-25)24-18-21(7-5-6-8-21)26-11-15-28-16-12-26;/h4-18H2,1-3H3,(H2,22,23,24);1H. The van der Waals surface area contributed by atoms with Crippen LogP contribution in [0.25, 0.3) is 0 Å². The van der Waals surface area contributed by atoms with Crippen molar-refractivity contribution in [1.29, 1.82) is 0 Å². The summed E-state index contributed by atoms with van der Waals surface area (Å²) in [6, 6.07) is 0. The summed E-state index contributed by atoms with van der Waals surface area (Å²) in [5.41, 5.74) is 0.387. The first-order chi connectivity index (χ1) is 13.6. The number of hydrogen-bond acceptors (Lipinski definition) is 5. The maximum atomic E-state index is 5.51. The van der Waals surface area contributed by atoms with Crippen LogP contribution in [0.1, 0.15) is 46.5 Å². The van der Waals surface area contributed by atoms with E-state index in [4.69, 9.17) is 9.73 Å². The van der Waals surface area contributed by atoms with Gasteiger partial charge in [0.2, 0.25) is 0 Å². The molecule has 2 N–H and O–H groups in total. The molecule has 0 aromatic rings. The van der Waals surface area contributed by atoms with Gasteiger partial charge in [0, 0.05) is 61.9 Å². The second-order valence-corrected chi connectivity index (χ2v) is 10.2. The van der Waals surface area contributed by atoms with Gasteiger partial charge < -0.3 is 15.4 Å². The van der Waals surface area contributed by atoms with E-state index in [1.807, 2.05) is 0 Å². The van der Waals surface area contributed by atoms with Crippen molar-refractivity contribution in [2.45, 2.75) is 57.5 Å². The number of thioether (sulfide) groups is 1. The Labute approximate surface area is 199 Å². The minimum Gasteiger partial charge on any atom is -0.379 e. The van der Waals surface area contributed by atoms with Crippen molar-refractivity contribution < 1.29 is 4.74 Å². The molecule has 0 aromatic carbocycles. The molecule has 0 bridgehead atoms. The molecule has 0 spiro atoms. The van der Waals surface area contributed by atoms with E-state index < -0.39 is 0 Å². The third kappa shape index (κ3) is 7.12. The van der Waals surface area contributed by atoms with E-state index >= 15 is 0 Å². The minimum atomic E-state index is 0. The fourth-order valence-electron chi connectivity index (χ4n) is 4.81. The van der Waals surface area contributed by atoms with Gasteiger partial charge in [0.25, 0.3) is 0 Å². The molecule has 0 aromatic heterocycles. The number of halogens is 1. The normalized spacial score (nSPS) is 24.2. The molecule has 1 saturated carbocycles. The molecule has 0 unspecified atom stereocenters. The van der Waals surface area contributed by atoms with E-state index in [2.05, 4.69) is 53.0 Å². The smallest absolute Gasteiger partial charge is 0.191 e. The predicted molar refractivity (Wildman–Crippen MR) is 136 cm³/mol. The Balaban J connectivity index is 0.00000300. The lowest BCUT2D eigenvalue weighted by Crippen LogP contribution is -2.58. The summed E-state index contributed by atoms with van der Waals surface area (Å²) in [5.74, 6) is 3.54. The van der Waals surface area contributed by atoms with Crippen molar-refractivity contribution >= 4 is 41.7 Å². The molecule has 2 aliphatic heterocycles. The molecule has 0 atom stereocenters. The van der Waals surface area contributed by atoms with Gasteiger partial charge in [-0.1, -0.05) is 12.8 Å². The van der Waals surface area contributed by atoms with Crippen molar-refractivity contribution in [2.75, 3.05) is 70.5 Å². The minimum absolute atomic E-state index is 0. The second-order valence-electron chi connectivity index (χ2n) is 8.99. The molecule has 0 amide bonds. The highest BCUT2D eigenvalue weighted by Crippen LogP contribution is 2.36. The molecule has 3 rings (SSSR count). The lowest BCUT2D eigenvalue weighted by molar-refractivity contribution is -0.00684. The Morgan fingerprint density at radius 2 is 1.72 bits per heavy atom. The highest BCUT2D eigenvalue weighted by molar-refractivity contribution is 14.0.